The molecule has 4 heteroatoms. The molecule has 0 aromatic carbocycles. The summed E-state index contributed by atoms with van der Waals surface area (Å²) in [4.78, 5) is 26.2. The third-order valence-electron chi connectivity index (χ3n) is 2.23. The summed E-state index contributed by atoms with van der Waals surface area (Å²) in [7, 11) is 0. The molecule has 0 aliphatic rings. The molecule has 80 valence electrons. The highest BCUT2D eigenvalue weighted by molar-refractivity contribution is 5.98. The number of carboxylic acids is 1. The fourth-order valence-electron chi connectivity index (χ4n) is 1.38. The van der Waals surface area contributed by atoms with Crippen LogP contribution >= 0.6 is 0 Å². The van der Waals surface area contributed by atoms with Crippen molar-refractivity contribution in [2.45, 2.75) is 19.8 Å². The largest absolute Gasteiger partial charge is 0.481 e. The standard InChI is InChI=1S/C11H13NO3/c1-2-8(6-10(13)14)11(15)9-4-3-5-12-7-9/h3-5,7-8H,2,6H2,1H3,(H,13,14). The summed E-state index contributed by atoms with van der Waals surface area (Å²) in [5, 5.41) is 8.64. The number of aliphatic carboxylic acids is 1. The van der Waals surface area contributed by atoms with E-state index in [1.807, 2.05) is 6.92 Å². The van der Waals surface area contributed by atoms with Gasteiger partial charge in [0.2, 0.25) is 0 Å². The Morgan fingerprint density at radius 1 is 1.53 bits per heavy atom. The molecule has 0 bridgehead atoms. The number of rotatable bonds is 5. The Hall–Kier alpha value is -1.71. The molecule has 0 saturated heterocycles. The number of carbonyl (C=O) groups is 2. The van der Waals surface area contributed by atoms with Gasteiger partial charge in [0.05, 0.1) is 6.42 Å². The van der Waals surface area contributed by atoms with Gasteiger partial charge in [-0.3, -0.25) is 14.6 Å². The number of pyridine rings is 1. The van der Waals surface area contributed by atoms with Gasteiger partial charge in [0, 0.05) is 23.9 Å². The zero-order chi connectivity index (χ0) is 11.3. The van der Waals surface area contributed by atoms with Crippen molar-refractivity contribution < 1.29 is 14.7 Å². The minimum absolute atomic E-state index is 0.121. The van der Waals surface area contributed by atoms with E-state index in [0.717, 1.165) is 0 Å². The minimum atomic E-state index is -0.945. The van der Waals surface area contributed by atoms with Crippen molar-refractivity contribution in [2.24, 2.45) is 5.92 Å². The quantitative estimate of drug-likeness (QED) is 0.747. The summed E-state index contributed by atoms with van der Waals surface area (Å²) in [5.74, 6) is -1.54. The summed E-state index contributed by atoms with van der Waals surface area (Å²) in [6, 6.07) is 3.32. The topological polar surface area (TPSA) is 67.3 Å². The van der Waals surface area contributed by atoms with E-state index in [-0.39, 0.29) is 12.2 Å². The van der Waals surface area contributed by atoms with E-state index in [2.05, 4.69) is 4.98 Å². The van der Waals surface area contributed by atoms with Gasteiger partial charge < -0.3 is 5.11 Å². The zero-order valence-electron chi connectivity index (χ0n) is 8.51. The maximum atomic E-state index is 11.8. The number of aromatic nitrogens is 1. The smallest absolute Gasteiger partial charge is 0.304 e. The second-order valence-corrected chi connectivity index (χ2v) is 3.31. The van der Waals surface area contributed by atoms with Crippen LogP contribution in [0, 0.1) is 5.92 Å². The first-order valence-corrected chi connectivity index (χ1v) is 4.81. The molecule has 0 radical (unpaired) electrons. The Balaban J connectivity index is 2.78. The summed E-state index contributed by atoms with van der Waals surface area (Å²) >= 11 is 0. The third-order valence-corrected chi connectivity index (χ3v) is 2.23. The molecular weight excluding hydrogens is 194 g/mol. The van der Waals surface area contributed by atoms with Crippen LogP contribution in [0.2, 0.25) is 0 Å². The number of carbonyl (C=O) groups excluding carboxylic acids is 1. The number of hydrogen-bond donors (Lipinski definition) is 1. The molecule has 15 heavy (non-hydrogen) atoms. The monoisotopic (exact) mass is 207 g/mol. The van der Waals surface area contributed by atoms with Crippen LogP contribution in [0.3, 0.4) is 0 Å². The van der Waals surface area contributed by atoms with Gasteiger partial charge in [-0.05, 0) is 18.6 Å². The van der Waals surface area contributed by atoms with E-state index in [1.54, 1.807) is 18.3 Å². The first-order valence-electron chi connectivity index (χ1n) is 4.81. The Kier molecular flexibility index (Phi) is 3.97. The van der Waals surface area contributed by atoms with E-state index in [1.165, 1.54) is 6.20 Å². The summed E-state index contributed by atoms with van der Waals surface area (Å²) in [6.07, 6.45) is 3.45. The average Bonchev–Trinajstić information content (AvgIpc) is 2.26. The Morgan fingerprint density at radius 2 is 2.27 bits per heavy atom. The van der Waals surface area contributed by atoms with Crippen LogP contribution in [0.5, 0.6) is 0 Å². The maximum absolute atomic E-state index is 11.8. The van der Waals surface area contributed by atoms with Gasteiger partial charge in [-0.2, -0.15) is 0 Å². The molecule has 1 heterocycles. The summed E-state index contributed by atoms with van der Waals surface area (Å²) < 4.78 is 0. The van der Waals surface area contributed by atoms with E-state index in [4.69, 9.17) is 5.11 Å². The van der Waals surface area contributed by atoms with Crippen molar-refractivity contribution in [3.63, 3.8) is 0 Å². The highest BCUT2D eigenvalue weighted by atomic mass is 16.4. The van der Waals surface area contributed by atoms with Gasteiger partial charge in [0.15, 0.2) is 5.78 Å². The lowest BCUT2D eigenvalue weighted by atomic mass is 9.93. The predicted octanol–water partition coefficient (Wildman–Crippen LogP) is 1.77. The highest BCUT2D eigenvalue weighted by Crippen LogP contribution is 2.15. The summed E-state index contributed by atoms with van der Waals surface area (Å²) in [5.41, 5.74) is 0.477. The van der Waals surface area contributed by atoms with Crippen molar-refractivity contribution in [3.05, 3.63) is 30.1 Å². The van der Waals surface area contributed by atoms with Crippen molar-refractivity contribution in [2.75, 3.05) is 0 Å². The molecule has 1 aromatic rings. The number of ketones is 1. The Morgan fingerprint density at radius 3 is 2.73 bits per heavy atom. The van der Waals surface area contributed by atoms with E-state index >= 15 is 0 Å². The van der Waals surface area contributed by atoms with Crippen molar-refractivity contribution in [1.82, 2.24) is 4.98 Å². The maximum Gasteiger partial charge on any atom is 0.304 e. The number of hydrogen-bond acceptors (Lipinski definition) is 3. The first kappa shape index (κ1) is 11.4. The normalized spacial score (nSPS) is 12.1. The molecule has 4 nitrogen and oxygen atoms in total. The highest BCUT2D eigenvalue weighted by Gasteiger charge is 2.20. The zero-order valence-corrected chi connectivity index (χ0v) is 8.51. The molecule has 1 N–H and O–H groups in total. The van der Waals surface area contributed by atoms with Crippen molar-refractivity contribution >= 4 is 11.8 Å². The van der Waals surface area contributed by atoms with Gasteiger partial charge in [0.1, 0.15) is 0 Å². The molecule has 0 aliphatic heterocycles. The molecule has 0 saturated carbocycles. The van der Waals surface area contributed by atoms with E-state index < -0.39 is 11.9 Å². The summed E-state index contributed by atoms with van der Waals surface area (Å²) in [6.45, 7) is 1.81. The van der Waals surface area contributed by atoms with E-state index in [9.17, 15) is 9.59 Å². The van der Waals surface area contributed by atoms with E-state index in [0.29, 0.717) is 12.0 Å². The number of carboxylic acid groups (broad SMARTS) is 1. The van der Waals surface area contributed by atoms with Crippen LogP contribution in [0.25, 0.3) is 0 Å². The number of nitrogens with zero attached hydrogens (tertiary/aromatic N) is 1. The SMILES string of the molecule is CCC(CC(=O)O)C(=O)c1cccnc1. The third kappa shape index (κ3) is 3.16. The van der Waals surface area contributed by atoms with Gasteiger partial charge in [0.25, 0.3) is 0 Å². The molecule has 0 fully saturated rings. The van der Waals surface area contributed by atoms with Crippen molar-refractivity contribution in [1.29, 1.82) is 0 Å². The Labute approximate surface area is 88.0 Å². The van der Waals surface area contributed by atoms with Crippen LogP contribution in [0.15, 0.2) is 24.5 Å². The average molecular weight is 207 g/mol. The Bertz CT molecular complexity index is 348. The predicted molar refractivity (Wildman–Crippen MR) is 54.6 cm³/mol. The molecule has 0 aliphatic carbocycles. The molecule has 1 atom stereocenters. The second kappa shape index (κ2) is 5.24. The molecule has 1 unspecified atom stereocenters. The van der Waals surface area contributed by atoms with Crippen LogP contribution in [0.4, 0.5) is 0 Å². The molecule has 0 amide bonds. The van der Waals surface area contributed by atoms with Gasteiger partial charge in [-0.1, -0.05) is 6.92 Å². The van der Waals surface area contributed by atoms with Crippen LogP contribution in [-0.4, -0.2) is 21.8 Å². The van der Waals surface area contributed by atoms with Crippen LogP contribution in [0.1, 0.15) is 30.1 Å². The lowest BCUT2D eigenvalue weighted by Gasteiger charge is -2.10. The fraction of sp³-hybridized carbons (Fsp3) is 0.364. The molecular formula is C11H13NO3. The molecule has 0 spiro atoms. The van der Waals surface area contributed by atoms with Gasteiger partial charge >= 0.3 is 5.97 Å². The van der Waals surface area contributed by atoms with Crippen LogP contribution in [-0.2, 0) is 4.79 Å². The molecule has 1 aromatic heterocycles. The molecule has 1 rings (SSSR count). The van der Waals surface area contributed by atoms with Crippen LogP contribution < -0.4 is 0 Å². The van der Waals surface area contributed by atoms with Gasteiger partial charge in [-0.25, -0.2) is 0 Å². The van der Waals surface area contributed by atoms with Gasteiger partial charge in [-0.15, -0.1) is 0 Å². The van der Waals surface area contributed by atoms with Crippen molar-refractivity contribution in [3.8, 4) is 0 Å². The number of Topliss-reactive ketones (excluding diaryl/α,β-unsaturated/α-hetero) is 1. The fourth-order valence-corrected chi connectivity index (χ4v) is 1.38. The first-order chi connectivity index (χ1) is 7.15. The second-order valence-electron chi connectivity index (χ2n) is 3.31. The minimum Gasteiger partial charge on any atom is -0.481 e. The lowest BCUT2D eigenvalue weighted by Crippen LogP contribution is -2.17. The lowest BCUT2D eigenvalue weighted by molar-refractivity contribution is -0.137.